The van der Waals surface area contributed by atoms with Gasteiger partial charge in [0, 0.05) is 45.2 Å². The van der Waals surface area contributed by atoms with Gasteiger partial charge in [0.15, 0.2) is 0 Å². The first-order valence-corrected chi connectivity index (χ1v) is 10.0. The average molecular weight is 346 g/mol. The number of sulfonamides is 1. The minimum absolute atomic E-state index is 0.169. The van der Waals surface area contributed by atoms with Gasteiger partial charge in [-0.2, -0.15) is 0 Å². The molecule has 9 heteroatoms. The van der Waals surface area contributed by atoms with Crippen molar-refractivity contribution in [3.63, 3.8) is 0 Å². The number of hydrogen-bond donors (Lipinski definition) is 2. The van der Waals surface area contributed by atoms with E-state index in [0.717, 1.165) is 38.5 Å². The molecule has 2 N–H and O–H groups in total. The van der Waals surface area contributed by atoms with Gasteiger partial charge in [-0.3, -0.25) is 4.79 Å². The Labute approximate surface area is 137 Å². The number of carbonyl (C=O) groups excluding carboxylic acids is 2. The minimum Gasteiger partial charge on any atom is -0.343 e. The molecule has 0 unspecified atom stereocenters. The fourth-order valence-electron chi connectivity index (χ4n) is 3.08. The Morgan fingerprint density at radius 3 is 2.74 bits per heavy atom. The van der Waals surface area contributed by atoms with Crippen LogP contribution in [0.5, 0.6) is 0 Å². The van der Waals surface area contributed by atoms with E-state index in [9.17, 15) is 18.0 Å². The second-order valence-corrected chi connectivity index (χ2v) is 8.03. The van der Waals surface area contributed by atoms with Gasteiger partial charge in [0.1, 0.15) is 0 Å². The highest BCUT2D eigenvalue weighted by Gasteiger charge is 2.25. The molecule has 2 aliphatic rings. The van der Waals surface area contributed by atoms with Gasteiger partial charge in [0.25, 0.3) is 0 Å². The molecule has 0 radical (unpaired) electrons. The molecule has 0 spiro atoms. The van der Waals surface area contributed by atoms with E-state index >= 15 is 0 Å². The average Bonchev–Trinajstić information content (AvgIpc) is 2.87. The lowest BCUT2D eigenvalue weighted by Gasteiger charge is -2.32. The summed E-state index contributed by atoms with van der Waals surface area (Å²) in [5, 5.41) is 2.85. The van der Waals surface area contributed by atoms with Crippen LogP contribution in [0.4, 0.5) is 4.79 Å². The largest absolute Gasteiger partial charge is 0.343 e. The van der Waals surface area contributed by atoms with Gasteiger partial charge in [-0.25, -0.2) is 17.9 Å². The second kappa shape index (κ2) is 7.96. The van der Waals surface area contributed by atoms with E-state index in [1.165, 1.54) is 0 Å². The summed E-state index contributed by atoms with van der Waals surface area (Å²) >= 11 is 0. The molecule has 2 heterocycles. The number of hydrogen-bond acceptors (Lipinski definition) is 4. The number of piperidine rings is 1. The minimum atomic E-state index is -3.25. The zero-order valence-electron chi connectivity index (χ0n) is 13.6. The SMILES string of the molecule is CS(=O)(=O)N[C@@H]1CCCN(C(=O)NCCCN2CCCC2=O)C1. The van der Waals surface area contributed by atoms with Crippen molar-refractivity contribution < 1.29 is 18.0 Å². The van der Waals surface area contributed by atoms with Crippen molar-refractivity contribution in [3.05, 3.63) is 0 Å². The maximum atomic E-state index is 12.1. The highest BCUT2D eigenvalue weighted by atomic mass is 32.2. The number of nitrogens with one attached hydrogen (secondary N) is 2. The van der Waals surface area contributed by atoms with Crippen LogP contribution in [-0.4, -0.2) is 75.2 Å². The van der Waals surface area contributed by atoms with Gasteiger partial charge in [0.05, 0.1) is 6.26 Å². The van der Waals surface area contributed by atoms with E-state index in [2.05, 4.69) is 10.0 Å². The molecule has 0 aromatic heterocycles. The van der Waals surface area contributed by atoms with Gasteiger partial charge in [-0.05, 0) is 25.7 Å². The van der Waals surface area contributed by atoms with E-state index in [1.54, 1.807) is 4.90 Å². The molecule has 2 aliphatic heterocycles. The van der Waals surface area contributed by atoms with Crippen molar-refractivity contribution in [2.75, 3.05) is 39.0 Å². The van der Waals surface area contributed by atoms with Crippen LogP contribution < -0.4 is 10.0 Å². The molecule has 132 valence electrons. The zero-order chi connectivity index (χ0) is 16.9. The third-order valence-corrected chi connectivity index (χ3v) is 4.90. The van der Waals surface area contributed by atoms with Crippen LogP contribution in [0.1, 0.15) is 32.1 Å². The fourth-order valence-corrected chi connectivity index (χ4v) is 3.88. The van der Waals surface area contributed by atoms with E-state index in [1.807, 2.05) is 4.90 Å². The van der Waals surface area contributed by atoms with Gasteiger partial charge < -0.3 is 15.1 Å². The van der Waals surface area contributed by atoms with Gasteiger partial charge in [-0.15, -0.1) is 0 Å². The molecule has 2 rings (SSSR count). The lowest BCUT2D eigenvalue weighted by Crippen LogP contribution is -2.52. The summed E-state index contributed by atoms with van der Waals surface area (Å²) in [4.78, 5) is 27.1. The smallest absolute Gasteiger partial charge is 0.317 e. The normalized spacial score (nSPS) is 22.5. The quantitative estimate of drug-likeness (QED) is 0.646. The molecule has 3 amide bonds. The molecular weight excluding hydrogens is 320 g/mol. The highest BCUT2D eigenvalue weighted by Crippen LogP contribution is 2.11. The number of likely N-dealkylation sites (tertiary alicyclic amines) is 2. The molecule has 23 heavy (non-hydrogen) atoms. The first-order valence-electron chi connectivity index (χ1n) is 8.13. The molecule has 2 saturated heterocycles. The predicted octanol–water partition coefficient (Wildman–Crippen LogP) is -0.278. The summed E-state index contributed by atoms with van der Waals surface area (Å²) in [5.41, 5.74) is 0. The lowest BCUT2D eigenvalue weighted by atomic mass is 10.1. The predicted molar refractivity (Wildman–Crippen MR) is 86.4 cm³/mol. The summed E-state index contributed by atoms with van der Waals surface area (Å²) in [5.74, 6) is 0.196. The maximum Gasteiger partial charge on any atom is 0.317 e. The lowest BCUT2D eigenvalue weighted by molar-refractivity contribution is -0.127. The Bertz CT molecular complexity index is 537. The van der Waals surface area contributed by atoms with Crippen molar-refractivity contribution in [1.29, 1.82) is 0 Å². The highest BCUT2D eigenvalue weighted by molar-refractivity contribution is 7.88. The number of carbonyl (C=O) groups is 2. The van der Waals surface area contributed by atoms with E-state index in [0.29, 0.717) is 32.6 Å². The Hall–Kier alpha value is -1.35. The van der Waals surface area contributed by atoms with Crippen LogP contribution in [0, 0.1) is 0 Å². The standard InChI is InChI=1S/C14H26N4O4S/c1-23(21,22)16-12-5-2-9-18(11-12)14(20)15-7-4-10-17-8-3-6-13(17)19/h12,16H,2-11H2,1H3,(H,15,20)/t12-/m1/s1. The topological polar surface area (TPSA) is 98.8 Å². The van der Waals surface area contributed by atoms with Crippen molar-refractivity contribution in [1.82, 2.24) is 19.8 Å². The molecule has 1 atom stereocenters. The molecule has 2 fully saturated rings. The monoisotopic (exact) mass is 346 g/mol. The van der Waals surface area contributed by atoms with Gasteiger partial charge in [-0.1, -0.05) is 0 Å². The molecule has 0 bridgehead atoms. The fraction of sp³-hybridized carbons (Fsp3) is 0.857. The number of nitrogens with zero attached hydrogens (tertiary/aromatic N) is 2. The third kappa shape index (κ3) is 5.98. The van der Waals surface area contributed by atoms with Crippen LogP contribution in [-0.2, 0) is 14.8 Å². The Morgan fingerprint density at radius 1 is 1.30 bits per heavy atom. The molecular formula is C14H26N4O4S. The summed E-state index contributed by atoms with van der Waals surface area (Å²) in [6.07, 6.45) is 4.95. The van der Waals surface area contributed by atoms with E-state index in [4.69, 9.17) is 0 Å². The first kappa shape index (κ1) is 18.0. The molecule has 0 aromatic rings. The number of urea groups is 1. The Kier molecular flexibility index (Phi) is 6.23. The van der Waals surface area contributed by atoms with Crippen LogP contribution in [0.2, 0.25) is 0 Å². The number of rotatable bonds is 6. The Morgan fingerprint density at radius 2 is 2.09 bits per heavy atom. The molecule has 0 aromatic carbocycles. The van der Waals surface area contributed by atoms with Crippen molar-refractivity contribution in [2.45, 2.75) is 38.1 Å². The summed E-state index contributed by atoms with van der Waals surface area (Å²) in [6.45, 7) is 3.04. The maximum absolute atomic E-state index is 12.1. The van der Waals surface area contributed by atoms with Crippen molar-refractivity contribution >= 4 is 22.0 Å². The van der Waals surface area contributed by atoms with E-state index < -0.39 is 10.0 Å². The first-order chi connectivity index (χ1) is 10.8. The summed E-state index contributed by atoms with van der Waals surface area (Å²) < 4.78 is 25.1. The third-order valence-electron chi connectivity index (χ3n) is 4.14. The van der Waals surface area contributed by atoms with Gasteiger partial charge in [0.2, 0.25) is 15.9 Å². The molecule has 8 nitrogen and oxygen atoms in total. The second-order valence-electron chi connectivity index (χ2n) is 6.25. The van der Waals surface area contributed by atoms with Crippen LogP contribution >= 0.6 is 0 Å². The van der Waals surface area contributed by atoms with Crippen LogP contribution in [0.15, 0.2) is 0 Å². The molecule has 0 saturated carbocycles. The van der Waals surface area contributed by atoms with Crippen LogP contribution in [0.25, 0.3) is 0 Å². The number of amides is 3. The van der Waals surface area contributed by atoms with Crippen molar-refractivity contribution in [2.24, 2.45) is 0 Å². The Balaban J connectivity index is 1.67. The summed E-state index contributed by atoms with van der Waals surface area (Å²) in [6, 6.07) is -0.385. The summed E-state index contributed by atoms with van der Waals surface area (Å²) in [7, 11) is -3.25. The zero-order valence-corrected chi connectivity index (χ0v) is 14.4. The van der Waals surface area contributed by atoms with Gasteiger partial charge >= 0.3 is 6.03 Å². The molecule has 0 aliphatic carbocycles. The van der Waals surface area contributed by atoms with Crippen LogP contribution in [0.3, 0.4) is 0 Å². The van der Waals surface area contributed by atoms with Crippen molar-refractivity contribution in [3.8, 4) is 0 Å². The van der Waals surface area contributed by atoms with E-state index in [-0.39, 0.29) is 18.0 Å².